The Hall–Kier alpha value is -2.63. The van der Waals surface area contributed by atoms with Crippen LogP contribution in [0.3, 0.4) is 0 Å². The van der Waals surface area contributed by atoms with Crippen molar-refractivity contribution in [3.05, 3.63) is 42.2 Å². The molecule has 0 spiro atoms. The van der Waals surface area contributed by atoms with Crippen LogP contribution < -0.4 is 5.32 Å². The zero-order valence-corrected chi connectivity index (χ0v) is 13.3. The van der Waals surface area contributed by atoms with Crippen molar-refractivity contribution >= 4 is 11.8 Å². The molecule has 6 nitrogen and oxygen atoms in total. The lowest BCUT2D eigenvalue weighted by atomic mass is 10.0. The Morgan fingerprint density at radius 2 is 2.13 bits per heavy atom. The summed E-state index contributed by atoms with van der Waals surface area (Å²) in [5.41, 5.74) is 1.42. The Bertz CT molecular complexity index is 738. The van der Waals surface area contributed by atoms with Crippen molar-refractivity contribution in [2.45, 2.75) is 19.4 Å². The highest BCUT2D eigenvalue weighted by atomic mass is 16.2. The fourth-order valence-corrected chi connectivity index (χ4v) is 2.85. The molecule has 1 aromatic heterocycles. The number of nitrogens with one attached hydrogen (secondary N) is 1. The minimum absolute atomic E-state index is 0.00969. The number of benzene rings is 1. The van der Waals surface area contributed by atoms with Crippen LogP contribution in [-0.4, -0.2) is 45.4 Å². The fraction of sp³-hybridized carbons (Fsp3) is 0.353. The predicted molar refractivity (Wildman–Crippen MR) is 86.8 cm³/mol. The Kier molecular flexibility index (Phi) is 4.14. The van der Waals surface area contributed by atoms with Crippen molar-refractivity contribution in [3.8, 4) is 11.4 Å². The summed E-state index contributed by atoms with van der Waals surface area (Å²) in [6.45, 7) is 2.86. The molecular weight excluding hydrogens is 292 g/mol. The maximum absolute atomic E-state index is 13.0. The molecule has 2 amide bonds. The van der Waals surface area contributed by atoms with Gasteiger partial charge in [0, 0.05) is 50.6 Å². The lowest BCUT2D eigenvalue weighted by molar-refractivity contribution is -0.120. The molecule has 1 atom stereocenters. The smallest absolute Gasteiger partial charge is 0.254 e. The van der Waals surface area contributed by atoms with Gasteiger partial charge in [0.25, 0.3) is 5.91 Å². The molecule has 0 radical (unpaired) electrons. The number of rotatable bonds is 2. The molecule has 1 aliphatic heterocycles. The molecule has 120 valence electrons. The van der Waals surface area contributed by atoms with Crippen LogP contribution in [0.25, 0.3) is 11.4 Å². The normalized spacial score (nSPS) is 18.4. The highest BCUT2D eigenvalue weighted by Crippen LogP contribution is 2.24. The van der Waals surface area contributed by atoms with Gasteiger partial charge >= 0.3 is 0 Å². The highest BCUT2D eigenvalue weighted by molar-refractivity contribution is 6.00. The second kappa shape index (κ2) is 6.24. The highest BCUT2D eigenvalue weighted by Gasteiger charge is 2.27. The van der Waals surface area contributed by atoms with Crippen molar-refractivity contribution in [2.24, 2.45) is 7.05 Å². The van der Waals surface area contributed by atoms with Gasteiger partial charge in [-0.3, -0.25) is 9.59 Å². The van der Waals surface area contributed by atoms with Crippen molar-refractivity contribution < 1.29 is 9.59 Å². The minimum atomic E-state index is -0.0624. The first-order chi connectivity index (χ1) is 11.1. The first-order valence-corrected chi connectivity index (χ1v) is 7.72. The number of carbonyl (C=O) groups is 2. The molecule has 1 aromatic carbocycles. The van der Waals surface area contributed by atoms with E-state index in [2.05, 4.69) is 10.3 Å². The van der Waals surface area contributed by atoms with Gasteiger partial charge in [-0.1, -0.05) is 18.2 Å². The van der Waals surface area contributed by atoms with Gasteiger partial charge < -0.3 is 14.8 Å². The standard InChI is InChI=1S/C17H20N4O2/c1-12-11-19-15(22)7-9-21(12)17(23)14-6-4-3-5-13(14)16-18-8-10-20(16)2/h3-6,8,10,12H,7,9,11H2,1-2H3,(H,19,22). The van der Waals surface area contributed by atoms with Gasteiger partial charge in [0.1, 0.15) is 5.82 Å². The first-order valence-electron chi connectivity index (χ1n) is 7.72. The molecule has 1 unspecified atom stereocenters. The van der Waals surface area contributed by atoms with Crippen molar-refractivity contribution in [2.75, 3.05) is 13.1 Å². The number of carbonyl (C=O) groups excluding carboxylic acids is 2. The molecule has 1 aliphatic rings. The molecule has 1 fully saturated rings. The maximum Gasteiger partial charge on any atom is 0.254 e. The van der Waals surface area contributed by atoms with E-state index in [-0.39, 0.29) is 17.9 Å². The number of hydrogen-bond acceptors (Lipinski definition) is 3. The monoisotopic (exact) mass is 312 g/mol. The van der Waals surface area contributed by atoms with E-state index in [1.54, 1.807) is 11.1 Å². The maximum atomic E-state index is 13.0. The minimum Gasteiger partial charge on any atom is -0.354 e. The summed E-state index contributed by atoms with van der Waals surface area (Å²) in [6, 6.07) is 7.44. The van der Waals surface area contributed by atoms with Crippen LogP contribution in [-0.2, 0) is 11.8 Å². The Labute approximate surface area is 135 Å². The van der Waals surface area contributed by atoms with Crippen LogP contribution in [0.15, 0.2) is 36.7 Å². The SMILES string of the molecule is CC1CNC(=O)CCN1C(=O)c1ccccc1-c1nccn1C. The summed E-state index contributed by atoms with van der Waals surface area (Å²) in [4.78, 5) is 30.7. The number of aromatic nitrogens is 2. The van der Waals surface area contributed by atoms with Gasteiger partial charge in [-0.05, 0) is 13.0 Å². The summed E-state index contributed by atoms with van der Waals surface area (Å²) in [6.07, 6.45) is 3.90. The van der Waals surface area contributed by atoms with E-state index in [9.17, 15) is 9.59 Å². The predicted octanol–water partition coefficient (Wildman–Crippen LogP) is 1.44. The van der Waals surface area contributed by atoms with Crippen LogP contribution >= 0.6 is 0 Å². The Morgan fingerprint density at radius 1 is 1.35 bits per heavy atom. The van der Waals surface area contributed by atoms with Gasteiger partial charge in [-0.2, -0.15) is 0 Å². The zero-order chi connectivity index (χ0) is 16.4. The number of hydrogen-bond donors (Lipinski definition) is 1. The molecule has 2 aromatic rings. The van der Waals surface area contributed by atoms with Crippen LogP contribution in [0.2, 0.25) is 0 Å². The van der Waals surface area contributed by atoms with E-state index in [4.69, 9.17) is 0 Å². The molecule has 0 saturated carbocycles. The molecule has 1 N–H and O–H groups in total. The van der Waals surface area contributed by atoms with Crippen LogP contribution in [0, 0.1) is 0 Å². The van der Waals surface area contributed by atoms with E-state index >= 15 is 0 Å². The third kappa shape index (κ3) is 2.97. The first kappa shape index (κ1) is 15.3. The van der Waals surface area contributed by atoms with E-state index < -0.39 is 0 Å². The molecule has 6 heteroatoms. The summed E-state index contributed by atoms with van der Waals surface area (Å²) in [5.74, 6) is 0.683. The topological polar surface area (TPSA) is 67.2 Å². The molecule has 23 heavy (non-hydrogen) atoms. The largest absolute Gasteiger partial charge is 0.354 e. The van der Waals surface area contributed by atoms with E-state index in [0.29, 0.717) is 25.1 Å². The summed E-state index contributed by atoms with van der Waals surface area (Å²) in [7, 11) is 1.90. The van der Waals surface area contributed by atoms with Crippen molar-refractivity contribution in [1.29, 1.82) is 0 Å². The third-order valence-electron chi connectivity index (χ3n) is 4.19. The van der Waals surface area contributed by atoms with Gasteiger partial charge in [0.2, 0.25) is 5.91 Å². The molecular formula is C17H20N4O2. The second-order valence-corrected chi connectivity index (χ2v) is 5.81. The molecule has 0 bridgehead atoms. The van der Waals surface area contributed by atoms with E-state index in [1.807, 2.05) is 49.0 Å². The lowest BCUT2D eigenvalue weighted by Gasteiger charge is -2.27. The Morgan fingerprint density at radius 3 is 2.87 bits per heavy atom. The zero-order valence-electron chi connectivity index (χ0n) is 13.3. The number of aryl methyl sites for hydroxylation is 1. The molecule has 3 rings (SSSR count). The number of nitrogens with zero attached hydrogens (tertiary/aromatic N) is 3. The molecule has 0 aliphatic carbocycles. The van der Waals surface area contributed by atoms with Gasteiger partial charge in [0.15, 0.2) is 0 Å². The summed E-state index contributed by atoms with van der Waals surface area (Å²) < 4.78 is 1.89. The van der Waals surface area contributed by atoms with E-state index in [0.717, 1.165) is 11.4 Å². The van der Waals surface area contributed by atoms with Crippen LogP contribution in [0.5, 0.6) is 0 Å². The number of amides is 2. The molecule has 1 saturated heterocycles. The fourth-order valence-electron chi connectivity index (χ4n) is 2.85. The van der Waals surface area contributed by atoms with E-state index in [1.165, 1.54) is 0 Å². The third-order valence-corrected chi connectivity index (χ3v) is 4.19. The summed E-state index contributed by atoms with van der Waals surface area (Å²) in [5, 5.41) is 2.83. The number of imidazole rings is 1. The average molecular weight is 312 g/mol. The summed E-state index contributed by atoms with van der Waals surface area (Å²) >= 11 is 0. The Balaban J connectivity index is 1.97. The van der Waals surface area contributed by atoms with Gasteiger partial charge in [-0.15, -0.1) is 0 Å². The van der Waals surface area contributed by atoms with Gasteiger partial charge in [-0.25, -0.2) is 4.98 Å². The quantitative estimate of drug-likeness (QED) is 0.912. The average Bonchev–Trinajstić information content (AvgIpc) is 2.90. The van der Waals surface area contributed by atoms with Crippen molar-refractivity contribution in [3.63, 3.8) is 0 Å². The van der Waals surface area contributed by atoms with Crippen LogP contribution in [0.1, 0.15) is 23.7 Å². The lowest BCUT2D eigenvalue weighted by Crippen LogP contribution is -2.42. The van der Waals surface area contributed by atoms with Crippen molar-refractivity contribution in [1.82, 2.24) is 19.8 Å². The second-order valence-electron chi connectivity index (χ2n) is 5.81. The van der Waals surface area contributed by atoms with Gasteiger partial charge in [0.05, 0.1) is 5.56 Å². The van der Waals surface area contributed by atoms with Crippen LogP contribution in [0.4, 0.5) is 0 Å². The molecule has 2 heterocycles.